The van der Waals surface area contributed by atoms with Gasteiger partial charge < -0.3 is 15.1 Å². The van der Waals surface area contributed by atoms with Gasteiger partial charge >= 0.3 is 0 Å². The van der Waals surface area contributed by atoms with E-state index >= 15 is 0 Å². The fourth-order valence-corrected chi connectivity index (χ4v) is 3.77. The molecule has 6 nitrogen and oxygen atoms in total. The van der Waals surface area contributed by atoms with Crippen LogP contribution in [0.5, 0.6) is 0 Å². The minimum absolute atomic E-state index is 0.0489. The number of nitrogens with one attached hydrogen (secondary N) is 2. The number of hydrogen-bond acceptors (Lipinski definition) is 4. The summed E-state index contributed by atoms with van der Waals surface area (Å²) >= 11 is 0. The number of aromatic nitrogens is 2. The molecule has 4 rings (SSSR count). The van der Waals surface area contributed by atoms with Crippen molar-refractivity contribution in [3.8, 4) is 11.1 Å². The van der Waals surface area contributed by atoms with Gasteiger partial charge in [0.25, 0.3) is 5.91 Å². The summed E-state index contributed by atoms with van der Waals surface area (Å²) in [7, 11) is 0. The average Bonchev–Trinajstić information content (AvgIpc) is 2.80. The van der Waals surface area contributed by atoms with Gasteiger partial charge in [0.15, 0.2) is 6.04 Å². The molecule has 6 heteroatoms. The van der Waals surface area contributed by atoms with E-state index in [9.17, 15) is 4.79 Å². The predicted octanol–water partition coefficient (Wildman–Crippen LogP) is 1.88. The van der Waals surface area contributed by atoms with Gasteiger partial charge in [-0.3, -0.25) is 4.79 Å². The summed E-state index contributed by atoms with van der Waals surface area (Å²) in [5, 5.41) is 3.15. The number of carbonyl (C=O) groups excluding carboxylic acids is 1. The van der Waals surface area contributed by atoms with E-state index < -0.39 is 0 Å². The Morgan fingerprint density at radius 1 is 0.966 bits per heavy atom. The Labute approximate surface area is 171 Å². The van der Waals surface area contributed by atoms with Crippen LogP contribution in [0.2, 0.25) is 0 Å². The van der Waals surface area contributed by atoms with Crippen molar-refractivity contribution in [1.82, 2.24) is 9.97 Å². The molecule has 0 unspecified atom stereocenters. The molecule has 29 heavy (non-hydrogen) atoms. The lowest BCUT2D eigenvalue weighted by atomic mass is 10.0. The van der Waals surface area contributed by atoms with Crippen molar-refractivity contribution in [3.63, 3.8) is 0 Å². The van der Waals surface area contributed by atoms with Crippen LogP contribution < -0.4 is 15.1 Å². The maximum absolute atomic E-state index is 13.0. The molecule has 1 aliphatic heterocycles. The second-order valence-electron chi connectivity index (χ2n) is 7.32. The molecule has 3 aromatic rings. The van der Waals surface area contributed by atoms with E-state index in [0.29, 0.717) is 0 Å². The molecule has 1 aliphatic rings. The number of anilines is 2. The van der Waals surface area contributed by atoms with Gasteiger partial charge in [-0.25, -0.2) is 9.97 Å². The minimum atomic E-state index is -0.127. The van der Waals surface area contributed by atoms with Crippen LogP contribution in [-0.2, 0) is 4.79 Å². The maximum Gasteiger partial charge on any atom is 0.282 e. The molecule has 1 fully saturated rings. The maximum atomic E-state index is 13.0. The van der Waals surface area contributed by atoms with E-state index in [1.807, 2.05) is 55.5 Å². The zero-order chi connectivity index (χ0) is 20.1. The van der Waals surface area contributed by atoms with Crippen LogP contribution in [0.4, 0.5) is 11.6 Å². The highest BCUT2D eigenvalue weighted by molar-refractivity contribution is 5.97. The summed E-state index contributed by atoms with van der Waals surface area (Å²) in [6.07, 6.45) is 3.53. The highest BCUT2D eigenvalue weighted by atomic mass is 16.2. The van der Waals surface area contributed by atoms with Crippen molar-refractivity contribution >= 4 is 17.5 Å². The van der Waals surface area contributed by atoms with Crippen molar-refractivity contribution < 1.29 is 9.69 Å². The van der Waals surface area contributed by atoms with Crippen LogP contribution in [0.25, 0.3) is 11.1 Å². The second kappa shape index (κ2) is 8.84. The summed E-state index contributed by atoms with van der Waals surface area (Å²) in [5.41, 5.74) is 2.99. The first-order valence-corrected chi connectivity index (χ1v) is 10.0. The third-order valence-corrected chi connectivity index (χ3v) is 5.52. The van der Waals surface area contributed by atoms with E-state index in [4.69, 9.17) is 0 Å². The van der Waals surface area contributed by atoms with Gasteiger partial charge in [0.2, 0.25) is 5.95 Å². The molecule has 2 heterocycles. The van der Waals surface area contributed by atoms with Gasteiger partial charge in [-0.1, -0.05) is 48.5 Å². The third kappa shape index (κ3) is 4.43. The molecule has 1 atom stereocenters. The molecule has 1 saturated heterocycles. The van der Waals surface area contributed by atoms with E-state index in [1.165, 1.54) is 4.90 Å². The van der Waals surface area contributed by atoms with Gasteiger partial charge in [0.1, 0.15) is 0 Å². The fraction of sp³-hybridized carbons (Fsp3) is 0.261. The fourth-order valence-electron chi connectivity index (χ4n) is 3.77. The molecule has 0 spiro atoms. The predicted molar refractivity (Wildman–Crippen MR) is 115 cm³/mol. The zero-order valence-electron chi connectivity index (χ0n) is 16.6. The van der Waals surface area contributed by atoms with Gasteiger partial charge in [-0.15, -0.1) is 0 Å². The van der Waals surface area contributed by atoms with Crippen LogP contribution >= 0.6 is 0 Å². The summed E-state index contributed by atoms with van der Waals surface area (Å²) in [6.45, 7) is 5.46. The lowest BCUT2D eigenvalue weighted by Gasteiger charge is -2.34. The Bertz CT molecular complexity index is 940. The molecular formula is C23H26N5O+. The van der Waals surface area contributed by atoms with Crippen LogP contribution in [0, 0.1) is 0 Å². The summed E-state index contributed by atoms with van der Waals surface area (Å²) < 4.78 is 0. The number of carbonyl (C=O) groups is 1. The first kappa shape index (κ1) is 19.1. The summed E-state index contributed by atoms with van der Waals surface area (Å²) in [5.74, 6) is 0.813. The molecule has 2 N–H and O–H groups in total. The topological polar surface area (TPSA) is 62.6 Å². The number of hydrogen-bond donors (Lipinski definition) is 2. The monoisotopic (exact) mass is 388 g/mol. The lowest BCUT2D eigenvalue weighted by molar-refractivity contribution is -0.914. The first-order valence-electron chi connectivity index (χ1n) is 10.0. The van der Waals surface area contributed by atoms with Gasteiger partial charge in [0, 0.05) is 23.6 Å². The highest BCUT2D eigenvalue weighted by Gasteiger charge is 2.30. The van der Waals surface area contributed by atoms with Crippen LogP contribution in [0.1, 0.15) is 6.92 Å². The summed E-state index contributed by atoms with van der Waals surface area (Å²) in [6, 6.07) is 19.8. The molecular weight excluding hydrogens is 362 g/mol. The number of quaternary nitrogens is 1. The number of para-hydroxylation sites is 1. The van der Waals surface area contributed by atoms with E-state index in [-0.39, 0.29) is 11.9 Å². The quantitative estimate of drug-likeness (QED) is 0.701. The number of piperazine rings is 1. The smallest absolute Gasteiger partial charge is 0.282 e. The molecule has 1 aromatic heterocycles. The number of rotatable bonds is 5. The standard InChI is InChI=1S/C23H25N5O/c1-18(27-14-16-28(17-15-27)23-24-12-7-13-25-23)22(29)26-21-11-6-5-10-20(21)19-8-3-2-4-9-19/h2-13,18H,14-17H2,1H3,(H,26,29)/p+1/t18-/m0/s1. The minimum Gasteiger partial charge on any atom is -0.330 e. The van der Waals surface area contributed by atoms with Crippen LogP contribution in [0.15, 0.2) is 73.1 Å². The zero-order valence-corrected chi connectivity index (χ0v) is 16.6. The largest absolute Gasteiger partial charge is 0.330 e. The molecule has 148 valence electrons. The van der Waals surface area contributed by atoms with E-state index in [1.54, 1.807) is 12.4 Å². The number of nitrogens with zero attached hydrogens (tertiary/aromatic N) is 3. The van der Waals surface area contributed by atoms with Crippen LogP contribution in [0.3, 0.4) is 0 Å². The molecule has 0 radical (unpaired) electrons. The Kier molecular flexibility index (Phi) is 5.81. The van der Waals surface area contributed by atoms with E-state index in [0.717, 1.165) is 48.9 Å². The molecule has 1 amide bonds. The second-order valence-corrected chi connectivity index (χ2v) is 7.32. The van der Waals surface area contributed by atoms with Crippen molar-refractivity contribution in [1.29, 1.82) is 0 Å². The van der Waals surface area contributed by atoms with Gasteiger partial charge in [-0.2, -0.15) is 0 Å². The molecule has 0 aliphatic carbocycles. The van der Waals surface area contributed by atoms with Crippen molar-refractivity contribution in [2.24, 2.45) is 0 Å². The highest BCUT2D eigenvalue weighted by Crippen LogP contribution is 2.27. The summed E-state index contributed by atoms with van der Waals surface area (Å²) in [4.78, 5) is 25.1. The Morgan fingerprint density at radius 2 is 1.62 bits per heavy atom. The first-order chi connectivity index (χ1) is 14.2. The van der Waals surface area contributed by atoms with Crippen molar-refractivity contribution in [3.05, 3.63) is 73.1 Å². The molecule has 2 aromatic carbocycles. The molecule has 0 bridgehead atoms. The average molecular weight is 388 g/mol. The Morgan fingerprint density at radius 3 is 2.34 bits per heavy atom. The van der Waals surface area contributed by atoms with Crippen molar-refractivity contribution in [2.45, 2.75) is 13.0 Å². The third-order valence-electron chi connectivity index (χ3n) is 5.52. The van der Waals surface area contributed by atoms with Gasteiger partial charge in [-0.05, 0) is 24.6 Å². The lowest BCUT2D eigenvalue weighted by Crippen LogP contribution is -3.19. The number of benzene rings is 2. The van der Waals surface area contributed by atoms with Crippen LogP contribution in [-0.4, -0.2) is 48.1 Å². The molecule has 0 saturated carbocycles. The Hall–Kier alpha value is -3.25. The normalized spacial score (nSPS) is 15.7. The SMILES string of the molecule is C[C@@H](C(=O)Nc1ccccc1-c1ccccc1)[NH+]1CCN(c2ncccn2)CC1. The van der Waals surface area contributed by atoms with Crippen molar-refractivity contribution in [2.75, 3.05) is 36.4 Å². The van der Waals surface area contributed by atoms with Gasteiger partial charge in [0.05, 0.1) is 26.2 Å². The Balaban J connectivity index is 1.40. The van der Waals surface area contributed by atoms with E-state index in [2.05, 4.69) is 32.3 Å². The number of amides is 1.